The van der Waals surface area contributed by atoms with Crippen LogP contribution in [0.2, 0.25) is 0 Å². The summed E-state index contributed by atoms with van der Waals surface area (Å²) in [6, 6.07) is 20.7. The minimum atomic E-state index is -0.482. The van der Waals surface area contributed by atoms with Gasteiger partial charge in [0.2, 0.25) is 0 Å². The van der Waals surface area contributed by atoms with Crippen molar-refractivity contribution < 1.29 is 4.79 Å². The second-order valence-corrected chi connectivity index (χ2v) is 8.08. The fourth-order valence-electron chi connectivity index (χ4n) is 2.69. The van der Waals surface area contributed by atoms with Crippen molar-refractivity contribution in [2.45, 2.75) is 0 Å². The number of nitrogens with zero attached hydrogens (tertiary/aromatic N) is 1. The minimum Gasteiger partial charge on any atom is -0.321 e. The van der Waals surface area contributed by atoms with E-state index in [1.54, 1.807) is 6.07 Å². The molecular weight excluding hydrogens is 485 g/mol. The lowest BCUT2D eigenvalue weighted by Crippen LogP contribution is -2.23. The van der Waals surface area contributed by atoms with E-state index in [9.17, 15) is 9.59 Å². The Morgan fingerprint density at radius 2 is 1.71 bits per heavy atom. The lowest BCUT2D eigenvalue weighted by atomic mass is 10.1. The Bertz CT molecular complexity index is 1180. The molecule has 0 aliphatic rings. The van der Waals surface area contributed by atoms with Gasteiger partial charge in [0, 0.05) is 20.2 Å². The molecule has 0 aliphatic heterocycles. The molecule has 7 heteroatoms. The molecule has 2 N–H and O–H groups in total. The third kappa shape index (κ3) is 4.05. The normalized spacial score (nSPS) is 10.6. The van der Waals surface area contributed by atoms with Crippen LogP contribution in [0.15, 0.2) is 76.9 Å². The number of anilines is 1. The molecule has 2 aromatic carbocycles. The second kappa shape index (κ2) is 8.07. The van der Waals surface area contributed by atoms with Crippen LogP contribution in [-0.4, -0.2) is 15.9 Å². The molecular formula is C21H14IN3O2S. The number of carbonyl (C=O) groups is 1. The van der Waals surface area contributed by atoms with Gasteiger partial charge in [0.05, 0.1) is 5.69 Å². The van der Waals surface area contributed by atoms with Gasteiger partial charge in [0.1, 0.15) is 5.56 Å². The van der Waals surface area contributed by atoms with Crippen molar-refractivity contribution in [1.29, 1.82) is 0 Å². The van der Waals surface area contributed by atoms with Crippen molar-refractivity contribution in [3.63, 3.8) is 0 Å². The number of halogens is 1. The molecule has 0 unspecified atom stereocenters. The summed E-state index contributed by atoms with van der Waals surface area (Å²) in [5, 5.41) is 5.03. The first-order chi connectivity index (χ1) is 13.6. The van der Waals surface area contributed by atoms with Crippen molar-refractivity contribution in [1.82, 2.24) is 9.97 Å². The number of carbonyl (C=O) groups excluding carboxylic acids is 1. The van der Waals surface area contributed by atoms with Crippen LogP contribution < -0.4 is 10.9 Å². The number of pyridine rings is 1. The van der Waals surface area contributed by atoms with Gasteiger partial charge in [-0.2, -0.15) is 0 Å². The maximum Gasteiger partial charge on any atom is 0.263 e. The fourth-order valence-corrected chi connectivity index (χ4v) is 3.76. The summed E-state index contributed by atoms with van der Waals surface area (Å²) in [5.41, 5.74) is 2.91. The number of benzene rings is 2. The van der Waals surface area contributed by atoms with Gasteiger partial charge in [-0.3, -0.25) is 14.9 Å². The summed E-state index contributed by atoms with van der Waals surface area (Å²) >= 11 is 3.57. The zero-order valence-corrected chi connectivity index (χ0v) is 17.5. The molecule has 0 radical (unpaired) electrons. The number of nitrogens with one attached hydrogen (secondary N) is 2. The molecule has 2 heterocycles. The Morgan fingerprint density at radius 3 is 2.43 bits per heavy atom. The molecule has 4 aromatic rings. The second-order valence-electron chi connectivity index (χ2n) is 5.98. The lowest BCUT2D eigenvalue weighted by Gasteiger charge is -2.04. The predicted molar refractivity (Wildman–Crippen MR) is 121 cm³/mol. The Morgan fingerprint density at radius 1 is 0.964 bits per heavy atom. The highest BCUT2D eigenvalue weighted by atomic mass is 127. The van der Waals surface area contributed by atoms with E-state index in [2.05, 4.69) is 37.9 Å². The van der Waals surface area contributed by atoms with Gasteiger partial charge in [-0.1, -0.05) is 42.5 Å². The third-order valence-electron chi connectivity index (χ3n) is 4.10. The highest BCUT2D eigenvalue weighted by Crippen LogP contribution is 2.25. The van der Waals surface area contributed by atoms with Crippen LogP contribution in [0.5, 0.6) is 0 Å². The average molecular weight is 499 g/mol. The van der Waals surface area contributed by atoms with Gasteiger partial charge in [-0.25, -0.2) is 4.98 Å². The molecule has 0 spiro atoms. The van der Waals surface area contributed by atoms with E-state index >= 15 is 0 Å². The number of amides is 1. The maximum atomic E-state index is 12.5. The lowest BCUT2D eigenvalue weighted by molar-refractivity contribution is 0.102. The average Bonchev–Trinajstić information content (AvgIpc) is 3.17. The first kappa shape index (κ1) is 18.6. The van der Waals surface area contributed by atoms with Crippen molar-refractivity contribution in [3.05, 3.63) is 91.6 Å². The van der Waals surface area contributed by atoms with Crippen LogP contribution >= 0.6 is 33.9 Å². The largest absolute Gasteiger partial charge is 0.321 e. The molecule has 0 atom stereocenters. The zero-order chi connectivity index (χ0) is 19.5. The van der Waals surface area contributed by atoms with E-state index in [0.717, 1.165) is 20.4 Å². The smallest absolute Gasteiger partial charge is 0.263 e. The van der Waals surface area contributed by atoms with Gasteiger partial charge in [-0.15, -0.1) is 11.3 Å². The summed E-state index contributed by atoms with van der Waals surface area (Å²) < 4.78 is 1.14. The molecule has 0 fully saturated rings. The number of thiazole rings is 1. The van der Waals surface area contributed by atoms with Crippen molar-refractivity contribution >= 4 is 45.0 Å². The SMILES string of the molecule is O=C(Nc1nc(-c2ccc(I)cc2)cs1)c1ccc(-c2ccccc2)[nH]c1=O. The van der Waals surface area contributed by atoms with Gasteiger partial charge in [-0.05, 0) is 52.4 Å². The Labute approximate surface area is 178 Å². The van der Waals surface area contributed by atoms with Gasteiger partial charge in [0.15, 0.2) is 5.13 Å². The van der Waals surface area contributed by atoms with Gasteiger partial charge in [0.25, 0.3) is 11.5 Å². The van der Waals surface area contributed by atoms with E-state index in [-0.39, 0.29) is 5.56 Å². The molecule has 1 amide bonds. The van der Waals surface area contributed by atoms with Crippen molar-refractivity contribution in [3.8, 4) is 22.5 Å². The van der Waals surface area contributed by atoms with Crippen LogP contribution in [-0.2, 0) is 0 Å². The van der Waals surface area contributed by atoms with Crippen molar-refractivity contribution in [2.75, 3.05) is 5.32 Å². The zero-order valence-electron chi connectivity index (χ0n) is 14.5. The number of aromatic amines is 1. The van der Waals surface area contributed by atoms with Gasteiger partial charge >= 0.3 is 0 Å². The fraction of sp³-hybridized carbons (Fsp3) is 0. The van der Waals surface area contributed by atoms with Gasteiger partial charge < -0.3 is 4.98 Å². The monoisotopic (exact) mass is 499 g/mol. The Balaban J connectivity index is 1.53. The van der Waals surface area contributed by atoms with Crippen LogP contribution in [0, 0.1) is 3.57 Å². The quantitative estimate of drug-likeness (QED) is 0.388. The molecule has 0 aliphatic carbocycles. The van der Waals surface area contributed by atoms with E-state index in [0.29, 0.717) is 10.8 Å². The van der Waals surface area contributed by atoms with E-state index in [1.807, 2.05) is 60.0 Å². The molecule has 2 aromatic heterocycles. The molecule has 28 heavy (non-hydrogen) atoms. The highest BCUT2D eigenvalue weighted by Gasteiger charge is 2.14. The van der Waals surface area contributed by atoms with Crippen LogP contribution in [0.4, 0.5) is 5.13 Å². The summed E-state index contributed by atoms with van der Waals surface area (Å²) in [6.07, 6.45) is 0. The number of hydrogen-bond donors (Lipinski definition) is 2. The number of H-pyrrole nitrogens is 1. The number of rotatable bonds is 4. The topological polar surface area (TPSA) is 74.8 Å². The van der Waals surface area contributed by atoms with E-state index in [4.69, 9.17) is 0 Å². The van der Waals surface area contributed by atoms with Crippen LogP contribution in [0.3, 0.4) is 0 Å². The molecule has 0 saturated carbocycles. The molecule has 0 saturated heterocycles. The van der Waals surface area contributed by atoms with E-state index < -0.39 is 11.5 Å². The minimum absolute atomic E-state index is 0.0469. The van der Waals surface area contributed by atoms with Crippen molar-refractivity contribution in [2.24, 2.45) is 0 Å². The maximum absolute atomic E-state index is 12.5. The molecule has 138 valence electrons. The highest BCUT2D eigenvalue weighted by molar-refractivity contribution is 14.1. The van der Waals surface area contributed by atoms with Crippen LogP contribution in [0.25, 0.3) is 22.5 Å². The first-order valence-electron chi connectivity index (χ1n) is 8.42. The summed E-state index contributed by atoms with van der Waals surface area (Å²) in [7, 11) is 0. The number of hydrogen-bond acceptors (Lipinski definition) is 4. The molecule has 0 bridgehead atoms. The molecule has 4 rings (SSSR count). The predicted octanol–water partition coefficient (Wildman–Crippen LogP) is 5.02. The third-order valence-corrected chi connectivity index (χ3v) is 5.58. The first-order valence-corrected chi connectivity index (χ1v) is 10.4. The summed E-state index contributed by atoms with van der Waals surface area (Å²) in [5.74, 6) is -0.482. The summed E-state index contributed by atoms with van der Waals surface area (Å²) in [6.45, 7) is 0. The summed E-state index contributed by atoms with van der Waals surface area (Å²) in [4.78, 5) is 32.1. The Hall–Kier alpha value is -2.78. The van der Waals surface area contributed by atoms with Crippen LogP contribution in [0.1, 0.15) is 10.4 Å². The Kier molecular flexibility index (Phi) is 5.36. The number of aromatic nitrogens is 2. The van der Waals surface area contributed by atoms with E-state index in [1.165, 1.54) is 17.4 Å². The molecule has 5 nitrogen and oxygen atoms in total. The standard InChI is InChI=1S/C21H14IN3O2S/c22-15-8-6-14(7-9-15)18-12-28-21(24-18)25-20(27)16-10-11-17(23-19(16)26)13-4-2-1-3-5-13/h1-12H,(H,23,26)(H,24,25,27).